The van der Waals surface area contributed by atoms with Gasteiger partial charge in [0.2, 0.25) is 0 Å². The van der Waals surface area contributed by atoms with Crippen LogP contribution in [0.2, 0.25) is 0 Å². The van der Waals surface area contributed by atoms with E-state index in [0.29, 0.717) is 9.23 Å². The Balaban J connectivity index is 1.98. The van der Waals surface area contributed by atoms with Gasteiger partial charge in [0.15, 0.2) is 4.32 Å². The number of rotatable bonds is 3. The molecule has 116 valence electrons. The molecule has 0 radical (unpaired) electrons. The summed E-state index contributed by atoms with van der Waals surface area (Å²) in [4.78, 5) is 14.9. The quantitative estimate of drug-likeness (QED) is 0.383. The van der Waals surface area contributed by atoms with Gasteiger partial charge >= 0.3 is 0 Å². The first-order chi connectivity index (χ1) is 11.1. The first-order valence-electron chi connectivity index (χ1n) is 6.76. The zero-order chi connectivity index (χ0) is 16.4. The van der Waals surface area contributed by atoms with E-state index in [1.54, 1.807) is 12.0 Å². The molecule has 0 aliphatic carbocycles. The molecule has 1 heterocycles. The van der Waals surface area contributed by atoms with Crippen LogP contribution in [-0.2, 0) is 4.79 Å². The van der Waals surface area contributed by atoms with Crippen LogP contribution >= 0.6 is 46.6 Å². The molecule has 2 aromatic rings. The SMILES string of the molecule is COc1ccc(I)cc1/C=C1/SC(=S)N(c2ccccc2)C1=O. The Bertz CT molecular complexity index is 805. The lowest BCUT2D eigenvalue weighted by Gasteiger charge is -2.13. The molecule has 1 aliphatic rings. The number of carbonyl (C=O) groups is 1. The van der Waals surface area contributed by atoms with E-state index in [2.05, 4.69) is 22.6 Å². The third-order valence-corrected chi connectivity index (χ3v) is 5.26. The Hall–Kier alpha value is -1.38. The van der Waals surface area contributed by atoms with Gasteiger partial charge in [-0.25, -0.2) is 0 Å². The molecule has 1 aliphatic heterocycles. The van der Waals surface area contributed by atoms with Crippen LogP contribution in [0.4, 0.5) is 5.69 Å². The van der Waals surface area contributed by atoms with Gasteiger partial charge in [-0.3, -0.25) is 9.69 Å². The Labute approximate surface area is 157 Å². The summed E-state index contributed by atoms with van der Waals surface area (Å²) in [6.45, 7) is 0. The van der Waals surface area contributed by atoms with Gasteiger partial charge in [-0.1, -0.05) is 42.2 Å². The smallest absolute Gasteiger partial charge is 0.270 e. The molecule has 23 heavy (non-hydrogen) atoms. The topological polar surface area (TPSA) is 29.5 Å². The van der Waals surface area contributed by atoms with Crippen molar-refractivity contribution in [2.75, 3.05) is 12.0 Å². The second-order valence-electron chi connectivity index (χ2n) is 4.74. The van der Waals surface area contributed by atoms with E-state index >= 15 is 0 Å². The number of nitrogens with zero attached hydrogens (tertiary/aromatic N) is 1. The number of para-hydroxylation sites is 1. The summed E-state index contributed by atoms with van der Waals surface area (Å²) in [5.41, 5.74) is 1.65. The van der Waals surface area contributed by atoms with Crippen molar-refractivity contribution in [3.63, 3.8) is 0 Å². The molecule has 0 aromatic heterocycles. The summed E-state index contributed by atoms with van der Waals surface area (Å²) in [5.74, 6) is 0.627. The van der Waals surface area contributed by atoms with Crippen molar-refractivity contribution < 1.29 is 9.53 Å². The normalized spacial score (nSPS) is 16.3. The summed E-state index contributed by atoms with van der Waals surface area (Å²) >= 11 is 8.92. The zero-order valence-electron chi connectivity index (χ0n) is 12.2. The fraction of sp³-hybridized carbons (Fsp3) is 0.0588. The third kappa shape index (κ3) is 3.44. The second-order valence-corrected chi connectivity index (χ2v) is 7.66. The van der Waals surface area contributed by atoms with Crippen molar-refractivity contribution in [1.29, 1.82) is 0 Å². The van der Waals surface area contributed by atoms with E-state index in [1.807, 2.05) is 54.6 Å². The third-order valence-electron chi connectivity index (χ3n) is 3.29. The van der Waals surface area contributed by atoms with Crippen molar-refractivity contribution in [3.8, 4) is 5.75 Å². The predicted octanol–water partition coefficient (Wildman–Crippen LogP) is 4.71. The molecular weight excluding hydrogens is 441 g/mol. The maximum absolute atomic E-state index is 12.7. The molecule has 0 bridgehead atoms. The van der Waals surface area contributed by atoms with E-state index in [0.717, 1.165) is 20.6 Å². The van der Waals surface area contributed by atoms with Crippen LogP contribution in [0.1, 0.15) is 5.56 Å². The molecule has 0 unspecified atom stereocenters. The minimum absolute atomic E-state index is 0.105. The van der Waals surface area contributed by atoms with Crippen LogP contribution in [-0.4, -0.2) is 17.3 Å². The highest BCUT2D eigenvalue weighted by Gasteiger charge is 2.33. The van der Waals surface area contributed by atoms with Crippen molar-refractivity contribution in [2.45, 2.75) is 0 Å². The lowest BCUT2D eigenvalue weighted by molar-refractivity contribution is -0.113. The van der Waals surface area contributed by atoms with Gasteiger partial charge < -0.3 is 4.74 Å². The minimum Gasteiger partial charge on any atom is -0.496 e. The van der Waals surface area contributed by atoms with Crippen LogP contribution < -0.4 is 9.64 Å². The van der Waals surface area contributed by atoms with Gasteiger partial charge in [-0.2, -0.15) is 0 Å². The lowest BCUT2D eigenvalue weighted by atomic mass is 10.2. The predicted molar refractivity (Wildman–Crippen MR) is 108 cm³/mol. The summed E-state index contributed by atoms with van der Waals surface area (Å²) in [6, 6.07) is 15.3. The van der Waals surface area contributed by atoms with Gasteiger partial charge in [0.05, 0.1) is 17.7 Å². The number of hydrogen-bond acceptors (Lipinski definition) is 4. The largest absolute Gasteiger partial charge is 0.496 e. The van der Waals surface area contributed by atoms with Crippen molar-refractivity contribution in [1.82, 2.24) is 0 Å². The van der Waals surface area contributed by atoms with E-state index in [4.69, 9.17) is 17.0 Å². The number of halogens is 1. The fourth-order valence-electron chi connectivity index (χ4n) is 2.23. The number of hydrogen-bond donors (Lipinski definition) is 0. The van der Waals surface area contributed by atoms with Crippen LogP contribution in [0.15, 0.2) is 53.4 Å². The van der Waals surface area contributed by atoms with Crippen molar-refractivity contribution >= 4 is 68.6 Å². The van der Waals surface area contributed by atoms with Gasteiger partial charge in [0.1, 0.15) is 5.75 Å². The Morgan fingerprint density at radius 3 is 2.65 bits per heavy atom. The molecule has 3 nitrogen and oxygen atoms in total. The van der Waals surface area contributed by atoms with E-state index in [-0.39, 0.29) is 5.91 Å². The number of ether oxygens (including phenoxy) is 1. The summed E-state index contributed by atoms with van der Waals surface area (Å²) in [5, 5.41) is 0. The number of benzene rings is 2. The number of thiocarbonyl (C=S) groups is 1. The van der Waals surface area contributed by atoms with E-state index < -0.39 is 0 Å². The monoisotopic (exact) mass is 453 g/mol. The van der Waals surface area contributed by atoms with E-state index in [1.165, 1.54) is 11.8 Å². The van der Waals surface area contributed by atoms with Crippen LogP contribution in [0.25, 0.3) is 6.08 Å². The Morgan fingerprint density at radius 1 is 1.22 bits per heavy atom. The number of thioether (sulfide) groups is 1. The number of amides is 1. The average Bonchev–Trinajstić information content (AvgIpc) is 2.82. The number of anilines is 1. The highest BCUT2D eigenvalue weighted by Crippen LogP contribution is 2.37. The second kappa shape index (κ2) is 7.02. The first kappa shape index (κ1) is 16.5. The summed E-state index contributed by atoms with van der Waals surface area (Å²) in [6.07, 6.45) is 1.84. The average molecular weight is 453 g/mol. The van der Waals surface area contributed by atoms with Gasteiger partial charge in [0.25, 0.3) is 5.91 Å². The molecule has 0 N–H and O–H groups in total. The number of methoxy groups -OCH3 is 1. The van der Waals surface area contributed by atoms with Gasteiger partial charge in [-0.15, -0.1) is 0 Å². The molecule has 0 spiro atoms. The molecule has 0 saturated carbocycles. The standard InChI is InChI=1S/C17H12INO2S2/c1-21-14-8-7-12(18)9-11(14)10-15-16(20)19(17(22)23-15)13-5-3-2-4-6-13/h2-10H,1H3/b15-10+. The summed E-state index contributed by atoms with van der Waals surface area (Å²) in [7, 11) is 1.62. The maximum Gasteiger partial charge on any atom is 0.270 e. The van der Waals surface area contributed by atoms with Crippen molar-refractivity contribution in [2.24, 2.45) is 0 Å². The van der Waals surface area contributed by atoms with Crippen LogP contribution in [0.5, 0.6) is 5.75 Å². The lowest BCUT2D eigenvalue weighted by Crippen LogP contribution is -2.27. The molecule has 3 rings (SSSR count). The molecule has 1 fully saturated rings. The molecule has 1 saturated heterocycles. The fourth-order valence-corrected chi connectivity index (χ4v) is 4.03. The highest BCUT2D eigenvalue weighted by molar-refractivity contribution is 14.1. The first-order valence-corrected chi connectivity index (χ1v) is 9.07. The number of carbonyl (C=O) groups excluding carboxylic acids is 1. The van der Waals surface area contributed by atoms with Gasteiger partial charge in [0, 0.05) is 9.13 Å². The van der Waals surface area contributed by atoms with Crippen LogP contribution in [0, 0.1) is 3.57 Å². The van der Waals surface area contributed by atoms with Gasteiger partial charge in [-0.05, 0) is 59.0 Å². The molecule has 1 amide bonds. The highest BCUT2D eigenvalue weighted by atomic mass is 127. The molecule has 2 aromatic carbocycles. The van der Waals surface area contributed by atoms with Crippen molar-refractivity contribution in [3.05, 3.63) is 62.6 Å². The molecule has 0 atom stereocenters. The molecular formula is C17H12INO2S2. The van der Waals surface area contributed by atoms with Crippen LogP contribution in [0.3, 0.4) is 0 Å². The summed E-state index contributed by atoms with van der Waals surface area (Å²) < 4.78 is 6.99. The Kier molecular flexibility index (Phi) is 5.03. The zero-order valence-corrected chi connectivity index (χ0v) is 15.9. The minimum atomic E-state index is -0.105. The maximum atomic E-state index is 12.7. The van der Waals surface area contributed by atoms with E-state index in [9.17, 15) is 4.79 Å². The Morgan fingerprint density at radius 2 is 1.96 bits per heavy atom. The molecule has 6 heteroatoms.